The number of pyridine rings is 1. The highest BCUT2D eigenvalue weighted by Gasteiger charge is 2.39. The fourth-order valence-corrected chi connectivity index (χ4v) is 6.25. The number of hydrogen-bond donors (Lipinski definition) is 4. The summed E-state index contributed by atoms with van der Waals surface area (Å²) in [7, 11) is -2.94. The minimum atomic E-state index is -5.09. The van der Waals surface area contributed by atoms with Gasteiger partial charge in [-0.25, -0.2) is 19.1 Å². The van der Waals surface area contributed by atoms with Gasteiger partial charge in [0.1, 0.15) is 6.54 Å². The van der Waals surface area contributed by atoms with Crippen molar-refractivity contribution in [1.82, 2.24) is 44.3 Å². The number of alkyl halides is 6. The molecule has 0 unspecified atom stereocenters. The molecular formula is C28H28ClF6N9O6S. The summed E-state index contributed by atoms with van der Waals surface area (Å²) in [6, 6.07) is 6.71. The summed E-state index contributed by atoms with van der Waals surface area (Å²) in [5, 5.41) is 20.6. The molecule has 1 aliphatic rings. The van der Waals surface area contributed by atoms with E-state index in [0.29, 0.717) is 9.25 Å². The Morgan fingerprint density at radius 1 is 1.02 bits per heavy atom. The van der Waals surface area contributed by atoms with Gasteiger partial charge in [-0.3, -0.25) is 28.2 Å². The number of rotatable bonds is 10. The van der Waals surface area contributed by atoms with Gasteiger partial charge in [-0.1, -0.05) is 11.6 Å². The molecule has 1 atom stereocenters. The molecule has 23 heteroatoms. The number of halogens is 7. The Hall–Kier alpha value is -4.51. The molecule has 1 saturated heterocycles. The fraction of sp³-hybridized carbons (Fsp3) is 0.393. The first-order chi connectivity index (χ1) is 23.8. The quantitative estimate of drug-likeness (QED) is 0.174. The highest BCUT2D eigenvalue weighted by molar-refractivity contribution is 8.24. The predicted octanol–water partition coefficient (Wildman–Crippen LogP) is 3.20. The zero-order valence-corrected chi connectivity index (χ0v) is 27.5. The number of aromatic nitrogens is 7. The number of aliphatic hydroxyl groups is 1. The fourth-order valence-electron chi connectivity index (χ4n) is 4.89. The average molecular weight is 768 g/mol. The zero-order valence-electron chi connectivity index (χ0n) is 26.0. The van der Waals surface area contributed by atoms with E-state index >= 15 is 0 Å². The van der Waals surface area contributed by atoms with E-state index in [2.05, 4.69) is 25.5 Å². The van der Waals surface area contributed by atoms with Crippen LogP contribution in [0.15, 0.2) is 47.5 Å². The van der Waals surface area contributed by atoms with Gasteiger partial charge >= 0.3 is 18.0 Å². The van der Waals surface area contributed by atoms with Crippen molar-refractivity contribution in [3.8, 4) is 17.1 Å². The lowest BCUT2D eigenvalue weighted by molar-refractivity contribution is -0.207. The van der Waals surface area contributed by atoms with Crippen LogP contribution in [0.3, 0.4) is 0 Å². The summed E-state index contributed by atoms with van der Waals surface area (Å²) in [6.45, 7) is -2.89. The Morgan fingerprint density at radius 3 is 2.31 bits per heavy atom. The maximum Gasteiger partial charge on any atom is 0.416 e. The van der Waals surface area contributed by atoms with Crippen molar-refractivity contribution < 1.29 is 50.1 Å². The van der Waals surface area contributed by atoms with Crippen LogP contribution in [-0.4, -0.2) is 115 Å². The molecule has 0 saturated carbocycles. The van der Waals surface area contributed by atoms with Crippen LogP contribution in [0.2, 0.25) is 5.02 Å². The van der Waals surface area contributed by atoms with Gasteiger partial charge in [-0.2, -0.15) is 36.9 Å². The Bertz CT molecular complexity index is 1960. The molecule has 5 rings (SSSR count). The predicted molar refractivity (Wildman–Crippen MR) is 169 cm³/mol. The van der Waals surface area contributed by atoms with Crippen LogP contribution in [0.25, 0.3) is 17.1 Å². The number of amides is 2. The van der Waals surface area contributed by atoms with Crippen LogP contribution in [0.4, 0.5) is 26.3 Å². The second-order valence-corrected chi connectivity index (χ2v) is 14.1. The Morgan fingerprint density at radius 2 is 1.69 bits per heavy atom. The molecule has 4 N–H and O–H groups in total. The van der Waals surface area contributed by atoms with E-state index in [4.69, 9.17) is 11.6 Å². The maximum atomic E-state index is 13.8. The van der Waals surface area contributed by atoms with Gasteiger partial charge < -0.3 is 15.3 Å². The average Bonchev–Trinajstić information content (AvgIpc) is 3.61. The first kappa shape index (κ1) is 37.7. The van der Waals surface area contributed by atoms with E-state index in [9.17, 15) is 54.9 Å². The summed E-state index contributed by atoms with van der Waals surface area (Å²) in [5.74, 6) is -3.18. The Kier molecular flexibility index (Phi) is 10.8. The lowest BCUT2D eigenvalue weighted by Gasteiger charge is -2.40. The van der Waals surface area contributed by atoms with Gasteiger partial charge in [-0.05, 0) is 30.3 Å². The van der Waals surface area contributed by atoms with Crippen molar-refractivity contribution in [2.45, 2.75) is 38.0 Å². The third-order valence-electron chi connectivity index (χ3n) is 7.52. The SMILES string of the molecule is O=C(NCCC(F)(F)F)c1ccncc1-n1nc(Cn2nc(-c3ccc(Cl)cc3)n(C[C@H](O)C(F)(F)F)c2=O)nc1C(=O)N1CCS(O)(O)CC1. The molecule has 15 nitrogen and oxygen atoms in total. The molecular weight excluding hydrogens is 740 g/mol. The normalized spacial score (nSPS) is 16.2. The number of benzene rings is 1. The smallest absolute Gasteiger partial charge is 0.382 e. The van der Waals surface area contributed by atoms with Crippen molar-refractivity contribution >= 4 is 34.0 Å². The Labute approximate surface area is 289 Å². The van der Waals surface area contributed by atoms with Crippen LogP contribution in [0.1, 0.15) is 33.2 Å². The first-order valence-corrected chi connectivity index (χ1v) is 17.1. The summed E-state index contributed by atoms with van der Waals surface area (Å²) in [5.41, 5.74) is -1.44. The molecule has 276 valence electrons. The van der Waals surface area contributed by atoms with Crippen LogP contribution >= 0.6 is 22.2 Å². The highest BCUT2D eigenvalue weighted by atomic mass is 35.5. The van der Waals surface area contributed by atoms with E-state index in [1.54, 1.807) is 0 Å². The number of nitrogens with one attached hydrogen (secondary N) is 1. The molecule has 3 aromatic heterocycles. The summed E-state index contributed by atoms with van der Waals surface area (Å²) in [4.78, 5) is 49.6. The Balaban J connectivity index is 1.57. The standard InChI is InChI=1S/C28H28ClF6N9O6S/c29-17-3-1-16(2-4-17)22-40-43(26(48)42(22)14-20(45)28(33,34)35)15-21-38-23(25(47)41-9-11-51(49,50)12-10-41)44(39-21)19-13-36-7-5-18(19)24(46)37-8-6-27(30,31)32/h1-5,7,13,20,45,49-50H,6,8-12,14-15H2,(H,37,46)/t20-/m0/s1. The summed E-state index contributed by atoms with van der Waals surface area (Å²) < 4.78 is 100. The third-order valence-corrected chi connectivity index (χ3v) is 9.45. The number of carbonyl (C=O) groups is 2. The topological polar surface area (TPSA) is 194 Å². The van der Waals surface area contributed by atoms with Crippen LogP contribution in [-0.2, 0) is 13.1 Å². The lowest BCUT2D eigenvalue weighted by Crippen LogP contribution is -2.43. The van der Waals surface area contributed by atoms with Crippen molar-refractivity contribution in [3.05, 3.63) is 75.4 Å². The molecule has 4 aromatic rings. The van der Waals surface area contributed by atoms with Crippen LogP contribution in [0, 0.1) is 0 Å². The van der Waals surface area contributed by atoms with Crippen molar-refractivity contribution in [3.63, 3.8) is 0 Å². The van der Waals surface area contributed by atoms with Crippen molar-refractivity contribution in [2.75, 3.05) is 31.1 Å². The van der Waals surface area contributed by atoms with Gasteiger partial charge in [0.05, 0.1) is 41.9 Å². The lowest BCUT2D eigenvalue weighted by atomic mass is 10.2. The largest absolute Gasteiger partial charge is 0.416 e. The second kappa shape index (κ2) is 14.6. The monoisotopic (exact) mass is 767 g/mol. The molecule has 0 bridgehead atoms. The molecule has 51 heavy (non-hydrogen) atoms. The number of carbonyl (C=O) groups excluding carboxylic acids is 2. The van der Waals surface area contributed by atoms with Crippen LogP contribution < -0.4 is 11.0 Å². The third kappa shape index (κ3) is 9.05. The molecule has 4 heterocycles. The second-order valence-electron chi connectivity index (χ2n) is 11.2. The van der Waals surface area contributed by atoms with Crippen molar-refractivity contribution in [1.29, 1.82) is 0 Å². The first-order valence-electron chi connectivity index (χ1n) is 14.8. The summed E-state index contributed by atoms with van der Waals surface area (Å²) in [6.07, 6.45) is -11.7. The van der Waals surface area contributed by atoms with Crippen molar-refractivity contribution in [2.24, 2.45) is 0 Å². The minimum Gasteiger partial charge on any atom is -0.382 e. The number of aliphatic hydroxyl groups excluding tert-OH is 1. The summed E-state index contributed by atoms with van der Waals surface area (Å²) >= 11 is 5.93. The van der Waals surface area contributed by atoms with E-state index in [0.717, 1.165) is 23.1 Å². The molecule has 1 aromatic carbocycles. The zero-order chi connectivity index (χ0) is 37.3. The molecule has 0 radical (unpaired) electrons. The molecule has 0 aliphatic carbocycles. The van der Waals surface area contributed by atoms with E-state index < -0.39 is 78.4 Å². The minimum absolute atomic E-state index is 0.114. The highest BCUT2D eigenvalue weighted by Crippen LogP contribution is 2.40. The molecule has 0 spiro atoms. The van der Waals surface area contributed by atoms with Crippen LogP contribution in [0.5, 0.6) is 0 Å². The van der Waals surface area contributed by atoms with Gasteiger partial charge in [0.25, 0.3) is 11.8 Å². The molecule has 1 aliphatic heterocycles. The van der Waals surface area contributed by atoms with Gasteiger partial charge in [0, 0.05) is 36.4 Å². The van der Waals surface area contributed by atoms with E-state index in [-0.39, 0.29) is 58.1 Å². The van der Waals surface area contributed by atoms with E-state index in [1.165, 1.54) is 29.2 Å². The number of hydrogen-bond acceptors (Lipinski definition) is 10. The van der Waals surface area contributed by atoms with E-state index in [1.807, 2.05) is 0 Å². The van der Waals surface area contributed by atoms with Gasteiger partial charge in [0.15, 0.2) is 17.8 Å². The molecule has 2 amide bonds. The number of nitrogens with zero attached hydrogens (tertiary/aromatic N) is 8. The van der Waals surface area contributed by atoms with Gasteiger partial charge in [0.2, 0.25) is 5.82 Å². The molecule has 1 fully saturated rings. The van der Waals surface area contributed by atoms with Gasteiger partial charge in [-0.15, -0.1) is 10.2 Å². The maximum absolute atomic E-state index is 13.8.